The van der Waals surface area contributed by atoms with E-state index in [1.807, 2.05) is 6.92 Å². The van der Waals surface area contributed by atoms with E-state index in [9.17, 15) is 8.42 Å². The van der Waals surface area contributed by atoms with Crippen LogP contribution in [-0.4, -0.2) is 33.2 Å². The van der Waals surface area contributed by atoms with Crippen LogP contribution in [0, 0.1) is 0 Å². The normalized spacial score (nSPS) is 11.7. The van der Waals surface area contributed by atoms with Crippen molar-refractivity contribution >= 4 is 10.0 Å². The van der Waals surface area contributed by atoms with Gasteiger partial charge in [0, 0.05) is 32.5 Å². The van der Waals surface area contributed by atoms with Crippen molar-refractivity contribution in [1.29, 1.82) is 0 Å². The largest absolute Gasteiger partial charge is 0.381 e. The van der Waals surface area contributed by atoms with Crippen molar-refractivity contribution in [3.05, 3.63) is 23.9 Å². The van der Waals surface area contributed by atoms with Gasteiger partial charge in [0.15, 0.2) is 5.03 Å². The van der Waals surface area contributed by atoms with Crippen molar-refractivity contribution in [2.24, 2.45) is 5.73 Å². The topological polar surface area (TPSA) is 94.3 Å². The molecular formula is C12H21N3O3S. The van der Waals surface area contributed by atoms with Gasteiger partial charge in [0.2, 0.25) is 0 Å². The first-order chi connectivity index (χ1) is 9.10. The Kier molecular flexibility index (Phi) is 6.93. The van der Waals surface area contributed by atoms with Crippen LogP contribution >= 0.6 is 0 Å². The highest BCUT2D eigenvalue weighted by atomic mass is 32.2. The van der Waals surface area contributed by atoms with E-state index in [0.29, 0.717) is 32.7 Å². The standard InChI is InChI=1S/C12H21N3O3S/c1-2-7-18-8-3-6-15-19(16,17)12-5-4-11(9-13)10-14-12/h4-5,10,15H,2-3,6-9,13H2,1H3. The molecule has 0 spiro atoms. The predicted molar refractivity (Wildman–Crippen MR) is 73.0 cm³/mol. The molecule has 0 bridgehead atoms. The molecule has 0 radical (unpaired) electrons. The summed E-state index contributed by atoms with van der Waals surface area (Å²) in [5, 5.41) is 0.0131. The maximum atomic E-state index is 11.9. The Morgan fingerprint density at radius 1 is 1.37 bits per heavy atom. The number of rotatable bonds is 9. The number of ether oxygens (including phenoxy) is 1. The van der Waals surface area contributed by atoms with Crippen LogP contribution in [0.5, 0.6) is 0 Å². The molecule has 0 amide bonds. The molecule has 0 aliphatic carbocycles. The molecule has 1 rings (SSSR count). The Morgan fingerprint density at radius 3 is 2.74 bits per heavy atom. The molecule has 0 aliphatic heterocycles. The maximum Gasteiger partial charge on any atom is 0.258 e. The first kappa shape index (κ1) is 16.0. The molecule has 0 fully saturated rings. The van der Waals surface area contributed by atoms with Crippen LogP contribution < -0.4 is 10.5 Å². The second-order valence-corrected chi connectivity index (χ2v) is 5.79. The van der Waals surface area contributed by atoms with E-state index in [0.717, 1.165) is 12.0 Å². The van der Waals surface area contributed by atoms with Gasteiger partial charge in [-0.05, 0) is 24.5 Å². The fourth-order valence-electron chi connectivity index (χ4n) is 1.39. The number of aromatic nitrogens is 1. The van der Waals surface area contributed by atoms with Crippen molar-refractivity contribution in [2.75, 3.05) is 19.8 Å². The van der Waals surface area contributed by atoms with E-state index in [2.05, 4.69) is 9.71 Å². The van der Waals surface area contributed by atoms with Gasteiger partial charge in [-0.1, -0.05) is 13.0 Å². The summed E-state index contributed by atoms with van der Waals surface area (Å²) in [5.74, 6) is 0. The van der Waals surface area contributed by atoms with E-state index in [4.69, 9.17) is 10.5 Å². The molecule has 1 aromatic heterocycles. The highest BCUT2D eigenvalue weighted by Gasteiger charge is 2.14. The van der Waals surface area contributed by atoms with Crippen molar-refractivity contribution in [3.8, 4) is 0 Å². The van der Waals surface area contributed by atoms with E-state index < -0.39 is 10.0 Å². The van der Waals surface area contributed by atoms with Crippen molar-refractivity contribution in [2.45, 2.75) is 31.3 Å². The second-order valence-electron chi connectivity index (χ2n) is 4.07. The molecule has 6 nitrogen and oxygen atoms in total. The van der Waals surface area contributed by atoms with Crippen molar-refractivity contribution in [1.82, 2.24) is 9.71 Å². The van der Waals surface area contributed by atoms with Crippen LogP contribution in [0.1, 0.15) is 25.3 Å². The fourth-order valence-corrected chi connectivity index (χ4v) is 2.39. The van der Waals surface area contributed by atoms with E-state index >= 15 is 0 Å². The summed E-state index contributed by atoms with van der Waals surface area (Å²) in [7, 11) is -3.54. The molecule has 0 aliphatic rings. The number of sulfonamides is 1. The Labute approximate surface area is 114 Å². The van der Waals surface area contributed by atoms with Gasteiger partial charge in [-0.3, -0.25) is 0 Å². The number of nitrogens with one attached hydrogen (secondary N) is 1. The Hall–Kier alpha value is -1.02. The zero-order chi connectivity index (χ0) is 14.1. The number of pyridine rings is 1. The molecule has 0 aromatic carbocycles. The molecular weight excluding hydrogens is 266 g/mol. The van der Waals surface area contributed by atoms with Crippen LogP contribution in [-0.2, 0) is 21.3 Å². The lowest BCUT2D eigenvalue weighted by Gasteiger charge is -2.06. The highest BCUT2D eigenvalue weighted by Crippen LogP contribution is 2.06. The Morgan fingerprint density at radius 2 is 2.16 bits per heavy atom. The number of nitrogens with two attached hydrogens (primary N) is 1. The van der Waals surface area contributed by atoms with E-state index in [-0.39, 0.29) is 5.03 Å². The van der Waals surface area contributed by atoms with Gasteiger partial charge >= 0.3 is 0 Å². The first-order valence-electron chi connectivity index (χ1n) is 6.32. The third-order valence-corrected chi connectivity index (χ3v) is 3.79. The van der Waals surface area contributed by atoms with Gasteiger partial charge in [0.25, 0.3) is 10.0 Å². The van der Waals surface area contributed by atoms with Crippen LogP contribution in [0.3, 0.4) is 0 Å². The van der Waals surface area contributed by atoms with Gasteiger partial charge in [-0.2, -0.15) is 0 Å². The summed E-state index contributed by atoms with van der Waals surface area (Å²) in [6.45, 7) is 3.96. The number of hydrogen-bond acceptors (Lipinski definition) is 5. The van der Waals surface area contributed by atoms with Crippen LogP contribution in [0.25, 0.3) is 0 Å². The average molecular weight is 287 g/mol. The smallest absolute Gasteiger partial charge is 0.258 e. The quantitative estimate of drug-likeness (QED) is 0.650. The molecule has 0 saturated carbocycles. The third-order valence-electron chi connectivity index (χ3n) is 2.41. The summed E-state index contributed by atoms with van der Waals surface area (Å²) in [6, 6.07) is 3.12. The zero-order valence-corrected chi connectivity index (χ0v) is 11.9. The highest BCUT2D eigenvalue weighted by molar-refractivity contribution is 7.89. The molecule has 19 heavy (non-hydrogen) atoms. The van der Waals surface area contributed by atoms with Gasteiger partial charge < -0.3 is 10.5 Å². The molecule has 7 heteroatoms. The molecule has 0 atom stereocenters. The summed E-state index contributed by atoms with van der Waals surface area (Å²) in [6.07, 6.45) is 3.07. The minimum Gasteiger partial charge on any atom is -0.381 e. The number of nitrogens with zero attached hydrogens (tertiary/aromatic N) is 1. The van der Waals surface area contributed by atoms with E-state index in [1.165, 1.54) is 12.3 Å². The SMILES string of the molecule is CCCOCCCNS(=O)(=O)c1ccc(CN)cn1. The summed E-state index contributed by atoms with van der Waals surface area (Å²) >= 11 is 0. The maximum absolute atomic E-state index is 11.9. The lowest BCUT2D eigenvalue weighted by molar-refractivity contribution is 0.133. The minimum absolute atomic E-state index is 0.0131. The molecule has 1 heterocycles. The minimum atomic E-state index is -3.54. The molecule has 0 saturated heterocycles. The monoisotopic (exact) mass is 287 g/mol. The summed E-state index contributed by atoms with van der Waals surface area (Å²) in [5.41, 5.74) is 6.23. The van der Waals surface area contributed by atoms with Crippen LogP contribution in [0.15, 0.2) is 23.4 Å². The lowest BCUT2D eigenvalue weighted by Crippen LogP contribution is -2.26. The summed E-state index contributed by atoms with van der Waals surface area (Å²) in [4.78, 5) is 3.89. The van der Waals surface area contributed by atoms with Crippen molar-refractivity contribution < 1.29 is 13.2 Å². The molecule has 108 valence electrons. The Balaban J connectivity index is 2.42. The van der Waals surface area contributed by atoms with Gasteiger partial charge in [0.05, 0.1) is 0 Å². The average Bonchev–Trinajstić information content (AvgIpc) is 2.43. The first-order valence-corrected chi connectivity index (χ1v) is 7.81. The zero-order valence-electron chi connectivity index (χ0n) is 11.1. The lowest BCUT2D eigenvalue weighted by atomic mass is 10.3. The van der Waals surface area contributed by atoms with Gasteiger partial charge in [-0.25, -0.2) is 18.1 Å². The molecule has 3 N–H and O–H groups in total. The second kappa shape index (κ2) is 8.21. The predicted octanol–water partition coefficient (Wildman–Crippen LogP) is 0.635. The third kappa shape index (κ3) is 5.65. The van der Waals surface area contributed by atoms with Crippen molar-refractivity contribution in [3.63, 3.8) is 0 Å². The van der Waals surface area contributed by atoms with Crippen LogP contribution in [0.2, 0.25) is 0 Å². The summed E-state index contributed by atoms with van der Waals surface area (Å²) < 4.78 is 31.5. The van der Waals surface area contributed by atoms with Gasteiger partial charge in [0.1, 0.15) is 0 Å². The Bertz CT molecular complexity index is 460. The van der Waals surface area contributed by atoms with Gasteiger partial charge in [-0.15, -0.1) is 0 Å². The molecule has 1 aromatic rings. The fraction of sp³-hybridized carbons (Fsp3) is 0.583. The molecule has 0 unspecified atom stereocenters. The van der Waals surface area contributed by atoms with Crippen LogP contribution in [0.4, 0.5) is 0 Å². The number of hydrogen-bond donors (Lipinski definition) is 2. The van der Waals surface area contributed by atoms with E-state index in [1.54, 1.807) is 6.07 Å².